The Bertz CT molecular complexity index is 1460. The van der Waals surface area contributed by atoms with Gasteiger partial charge in [0.15, 0.2) is 9.84 Å². The van der Waals surface area contributed by atoms with Gasteiger partial charge in [0, 0.05) is 28.6 Å². The quantitative estimate of drug-likeness (QED) is 0.407. The second kappa shape index (κ2) is 7.15. The summed E-state index contributed by atoms with van der Waals surface area (Å²) in [6, 6.07) is 17.6. The molecule has 0 amide bonds. The van der Waals surface area contributed by atoms with Gasteiger partial charge in [-0.1, -0.05) is 24.3 Å². The maximum absolute atomic E-state index is 12.9. The Morgan fingerprint density at radius 2 is 1.57 bits per heavy atom. The van der Waals surface area contributed by atoms with Crippen LogP contribution in [0.5, 0.6) is 0 Å². The van der Waals surface area contributed by atoms with Crippen molar-refractivity contribution in [2.75, 3.05) is 16.7 Å². The third-order valence-corrected chi connectivity index (χ3v) is 7.26. The first kappa shape index (κ1) is 19.9. The fourth-order valence-electron chi connectivity index (χ4n) is 3.13. The zero-order chi connectivity index (χ0) is 21.5. The van der Waals surface area contributed by atoms with Crippen LogP contribution in [0, 0.1) is 0 Å². The van der Waals surface area contributed by atoms with Crippen LogP contribution in [0.25, 0.3) is 22.2 Å². The van der Waals surface area contributed by atoms with Crippen LogP contribution in [-0.4, -0.2) is 33.3 Å². The highest BCUT2D eigenvalue weighted by atomic mass is 32.2. The normalized spacial score (nSPS) is 12.2. The number of benzene rings is 3. The van der Waals surface area contributed by atoms with Gasteiger partial charge in [-0.3, -0.25) is 9.82 Å². The van der Waals surface area contributed by atoms with Crippen LogP contribution in [0.4, 0.5) is 11.4 Å². The van der Waals surface area contributed by atoms with Crippen LogP contribution in [0.1, 0.15) is 0 Å². The fourth-order valence-corrected chi connectivity index (χ4v) is 5.81. The van der Waals surface area contributed by atoms with Crippen molar-refractivity contribution in [3.8, 4) is 11.3 Å². The molecule has 30 heavy (non-hydrogen) atoms. The SMILES string of the molecule is CS(=O)(=O)c1ccccc1S(=O)(=O)Nc1ccc2[nH]nc(-c3ccc(N)cc3)c2c1. The summed E-state index contributed by atoms with van der Waals surface area (Å²) < 4.78 is 52.3. The van der Waals surface area contributed by atoms with Gasteiger partial charge >= 0.3 is 0 Å². The molecule has 0 radical (unpaired) electrons. The summed E-state index contributed by atoms with van der Waals surface area (Å²) in [6.07, 6.45) is 0.970. The van der Waals surface area contributed by atoms with Crippen molar-refractivity contribution in [1.29, 1.82) is 0 Å². The van der Waals surface area contributed by atoms with Crippen molar-refractivity contribution in [3.63, 3.8) is 0 Å². The predicted molar refractivity (Wildman–Crippen MR) is 116 cm³/mol. The highest BCUT2D eigenvalue weighted by Gasteiger charge is 2.24. The zero-order valence-corrected chi connectivity index (χ0v) is 17.5. The molecule has 0 saturated carbocycles. The first-order chi connectivity index (χ1) is 14.1. The molecule has 3 aromatic carbocycles. The Kier molecular flexibility index (Phi) is 4.75. The summed E-state index contributed by atoms with van der Waals surface area (Å²) in [5.41, 5.74) is 8.82. The molecule has 8 nitrogen and oxygen atoms in total. The summed E-state index contributed by atoms with van der Waals surface area (Å²) in [4.78, 5) is -0.567. The van der Waals surface area contributed by atoms with Gasteiger partial charge in [0.05, 0.1) is 16.1 Å². The van der Waals surface area contributed by atoms with Crippen LogP contribution >= 0.6 is 0 Å². The highest BCUT2D eigenvalue weighted by molar-refractivity contribution is 7.95. The van der Waals surface area contributed by atoms with Crippen LogP contribution in [0.15, 0.2) is 76.5 Å². The molecule has 4 N–H and O–H groups in total. The first-order valence-corrected chi connectivity index (χ1v) is 12.2. The van der Waals surface area contributed by atoms with E-state index in [4.69, 9.17) is 5.73 Å². The highest BCUT2D eigenvalue weighted by Crippen LogP contribution is 2.30. The number of sulfone groups is 1. The number of aromatic nitrogens is 2. The lowest BCUT2D eigenvalue weighted by atomic mass is 10.1. The second-order valence-electron chi connectivity index (χ2n) is 6.78. The standard InChI is InChI=1S/C20H18N4O4S2/c1-29(25,26)18-4-2-3-5-19(18)30(27,28)24-15-10-11-17-16(12-15)20(23-22-17)13-6-8-14(21)9-7-13/h2-12,24H,21H2,1H3,(H,22,23). The number of hydrogen-bond donors (Lipinski definition) is 3. The van der Waals surface area contributed by atoms with Crippen molar-refractivity contribution >= 4 is 42.1 Å². The van der Waals surface area contributed by atoms with E-state index in [0.29, 0.717) is 16.8 Å². The minimum atomic E-state index is -4.14. The number of nitrogens with one attached hydrogen (secondary N) is 2. The van der Waals surface area contributed by atoms with Gasteiger partial charge in [0.2, 0.25) is 0 Å². The molecule has 0 aliphatic carbocycles. The third kappa shape index (κ3) is 3.74. The van der Waals surface area contributed by atoms with Gasteiger partial charge in [-0.05, 0) is 42.5 Å². The summed E-state index contributed by atoms with van der Waals surface area (Å²) in [6.45, 7) is 0. The van der Waals surface area contributed by atoms with Gasteiger partial charge in [-0.2, -0.15) is 5.10 Å². The number of hydrogen-bond acceptors (Lipinski definition) is 6. The summed E-state index contributed by atoms with van der Waals surface area (Å²) in [7, 11) is -7.86. The molecule has 0 aliphatic rings. The topological polar surface area (TPSA) is 135 Å². The minimum absolute atomic E-state index is 0.260. The average Bonchev–Trinajstić information content (AvgIpc) is 3.11. The lowest BCUT2D eigenvalue weighted by Crippen LogP contribution is -2.16. The Morgan fingerprint density at radius 3 is 2.23 bits per heavy atom. The third-order valence-electron chi connectivity index (χ3n) is 4.54. The van der Waals surface area contributed by atoms with E-state index in [1.807, 2.05) is 12.1 Å². The lowest BCUT2D eigenvalue weighted by Gasteiger charge is -2.11. The van der Waals surface area contributed by atoms with Gasteiger partial charge in [0.25, 0.3) is 10.0 Å². The number of rotatable bonds is 5. The Morgan fingerprint density at radius 1 is 0.900 bits per heavy atom. The minimum Gasteiger partial charge on any atom is -0.399 e. The van der Waals surface area contributed by atoms with E-state index in [-0.39, 0.29) is 15.5 Å². The van der Waals surface area contributed by atoms with Gasteiger partial charge in [0.1, 0.15) is 4.90 Å². The molecular formula is C20H18N4O4S2. The molecule has 0 saturated heterocycles. The van der Waals surface area contributed by atoms with Crippen LogP contribution < -0.4 is 10.5 Å². The molecule has 0 aliphatic heterocycles. The van der Waals surface area contributed by atoms with Crippen LogP contribution in [-0.2, 0) is 19.9 Å². The second-order valence-corrected chi connectivity index (χ2v) is 10.4. The Labute approximate surface area is 173 Å². The number of anilines is 2. The molecule has 4 aromatic rings. The molecule has 10 heteroatoms. The van der Waals surface area contributed by atoms with E-state index >= 15 is 0 Å². The predicted octanol–water partition coefficient (Wildman–Crippen LogP) is 3.02. The van der Waals surface area contributed by atoms with Crippen LogP contribution in [0.2, 0.25) is 0 Å². The maximum atomic E-state index is 12.9. The zero-order valence-electron chi connectivity index (χ0n) is 15.8. The molecule has 0 unspecified atom stereocenters. The van der Waals surface area contributed by atoms with Gasteiger partial charge in [-0.15, -0.1) is 0 Å². The summed E-state index contributed by atoms with van der Waals surface area (Å²) in [5.74, 6) is 0. The number of nitrogens with zero attached hydrogens (tertiary/aromatic N) is 1. The Hall–Kier alpha value is -3.37. The van der Waals surface area contributed by atoms with Crippen molar-refractivity contribution in [1.82, 2.24) is 10.2 Å². The molecule has 1 aromatic heterocycles. The van der Waals surface area contributed by atoms with Crippen molar-refractivity contribution in [2.24, 2.45) is 0 Å². The molecule has 154 valence electrons. The monoisotopic (exact) mass is 442 g/mol. The van der Waals surface area contributed by atoms with Crippen LogP contribution in [0.3, 0.4) is 0 Å². The number of H-pyrrole nitrogens is 1. The van der Waals surface area contributed by atoms with E-state index in [9.17, 15) is 16.8 Å². The number of nitrogen functional groups attached to an aromatic ring is 1. The Balaban J connectivity index is 1.76. The van der Waals surface area contributed by atoms with Gasteiger partial charge in [-0.25, -0.2) is 16.8 Å². The van der Waals surface area contributed by atoms with E-state index < -0.39 is 19.9 Å². The first-order valence-electron chi connectivity index (χ1n) is 8.81. The fraction of sp³-hybridized carbons (Fsp3) is 0.0500. The lowest BCUT2D eigenvalue weighted by molar-refractivity contribution is 0.588. The molecule has 0 atom stereocenters. The molecule has 1 heterocycles. The van der Waals surface area contributed by atoms with Crippen molar-refractivity contribution in [2.45, 2.75) is 9.79 Å². The van der Waals surface area contributed by atoms with Crippen molar-refractivity contribution in [3.05, 3.63) is 66.7 Å². The number of fused-ring (bicyclic) bond motifs is 1. The average molecular weight is 443 g/mol. The van der Waals surface area contributed by atoms with E-state index in [0.717, 1.165) is 17.3 Å². The molecule has 0 fully saturated rings. The number of aromatic amines is 1. The van der Waals surface area contributed by atoms with E-state index in [2.05, 4.69) is 14.9 Å². The summed E-state index contributed by atoms with van der Waals surface area (Å²) in [5, 5.41) is 7.93. The molecular weight excluding hydrogens is 424 g/mol. The largest absolute Gasteiger partial charge is 0.399 e. The number of nitrogens with two attached hydrogens (primary N) is 1. The van der Waals surface area contributed by atoms with E-state index in [1.165, 1.54) is 24.3 Å². The molecule has 4 rings (SSSR count). The number of sulfonamides is 1. The summed E-state index contributed by atoms with van der Waals surface area (Å²) >= 11 is 0. The molecule has 0 bridgehead atoms. The molecule has 0 spiro atoms. The van der Waals surface area contributed by atoms with Crippen molar-refractivity contribution < 1.29 is 16.8 Å². The maximum Gasteiger partial charge on any atom is 0.263 e. The smallest absolute Gasteiger partial charge is 0.263 e. The van der Waals surface area contributed by atoms with Gasteiger partial charge < -0.3 is 5.73 Å². The van der Waals surface area contributed by atoms with E-state index in [1.54, 1.807) is 30.3 Å².